The Bertz CT molecular complexity index is 696. The number of aryl methyl sites for hydroxylation is 1. The number of piperazine rings is 1. The molecule has 0 radical (unpaired) electrons. The summed E-state index contributed by atoms with van der Waals surface area (Å²) in [4.78, 5) is 20.9. The molecule has 1 heterocycles. The van der Waals surface area contributed by atoms with E-state index >= 15 is 0 Å². The number of nitrogens with zero attached hydrogens (tertiary/aromatic N) is 3. The second-order valence-corrected chi connectivity index (χ2v) is 7.73. The van der Waals surface area contributed by atoms with Crippen LogP contribution < -0.4 is 10.6 Å². The van der Waals surface area contributed by atoms with Crippen molar-refractivity contribution in [2.24, 2.45) is 10.9 Å². The number of benzene rings is 1. The first-order valence-electron chi connectivity index (χ1n) is 10.3. The molecule has 1 aliphatic heterocycles. The Labute approximate surface area is 167 Å². The van der Waals surface area contributed by atoms with E-state index in [0.29, 0.717) is 29.9 Å². The Balaban J connectivity index is 1.33. The van der Waals surface area contributed by atoms with Crippen LogP contribution in [-0.4, -0.2) is 68.0 Å². The van der Waals surface area contributed by atoms with Gasteiger partial charge in [-0.2, -0.15) is 0 Å². The third kappa shape index (κ3) is 5.44. The van der Waals surface area contributed by atoms with Crippen molar-refractivity contribution in [3.05, 3.63) is 35.1 Å². The van der Waals surface area contributed by atoms with Crippen molar-refractivity contribution >= 4 is 11.9 Å². The van der Waals surface area contributed by atoms with Gasteiger partial charge in [0.2, 0.25) is 5.91 Å². The van der Waals surface area contributed by atoms with Gasteiger partial charge in [0, 0.05) is 58.8 Å². The second kappa shape index (κ2) is 9.87. The summed E-state index contributed by atoms with van der Waals surface area (Å²) in [5.41, 5.74) is 1.54. The van der Waals surface area contributed by atoms with Gasteiger partial charge < -0.3 is 15.5 Å². The lowest BCUT2D eigenvalue weighted by molar-refractivity contribution is -0.139. The van der Waals surface area contributed by atoms with Crippen molar-refractivity contribution in [2.75, 3.05) is 46.3 Å². The summed E-state index contributed by atoms with van der Waals surface area (Å²) in [6.07, 6.45) is 3.35. The van der Waals surface area contributed by atoms with E-state index in [0.717, 1.165) is 57.7 Å². The molecule has 2 aliphatic rings. The Morgan fingerprint density at radius 1 is 1.21 bits per heavy atom. The fraction of sp³-hybridized carbons (Fsp3) is 0.619. The van der Waals surface area contributed by atoms with E-state index in [-0.39, 0.29) is 5.82 Å². The summed E-state index contributed by atoms with van der Waals surface area (Å²) in [6.45, 7) is 7.49. The SMILES string of the molecule is CN=C(NCCN1CCN(C(=O)C2CCC2)CC1)NCc1ccc(C)c(F)c1. The normalized spacial score (nSPS) is 18.7. The van der Waals surface area contributed by atoms with Crippen molar-refractivity contribution in [1.82, 2.24) is 20.4 Å². The van der Waals surface area contributed by atoms with Crippen molar-refractivity contribution in [3.8, 4) is 0 Å². The van der Waals surface area contributed by atoms with Crippen LogP contribution in [0.25, 0.3) is 0 Å². The Morgan fingerprint density at radius 2 is 1.96 bits per heavy atom. The molecular weight excluding hydrogens is 357 g/mol. The molecule has 3 rings (SSSR count). The van der Waals surface area contributed by atoms with Gasteiger partial charge in [0.05, 0.1) is 0 Å². The number of carbonyl (C=O) groups is 1. The fourth-order valence-electron chi connectivity index (χ4n) is 3.59. The predicted octanol–water partition coefficient (Wildman–Crippen LogP) is 1.74. The summed E-state index contributed by atoms with van der Waals surface area (Å²) in [7, 11) is 1.73. The molecule has 2 fully saturated rings. The number of halogens is 1. The minimum absolute atomic E-state index is 0.183. The van der Waals surface area contributed by atoms with E-state index in [9.17, 15) is 9.18 Å². The number of hydrogen-bond acceptors (Lipinski definition) is 3. The predicted molar refractivity (Wildman–Crippen MR) is 110 cm³/mol. The maximum absolute atomic E-state index is 13.6. The number of rotatable bonds is 6. The third-order valence-corrected chi connectivity index (χ3v) is 5.78. The van der Waals surface area contributed by atoms with E-state index in [1.165, 1.54) is 6.42 Å². The Kier molecular flexibility index (Phi) is 7.25. The first-order chi connectivity index (χ1) is 13.6. The lowest BCUT2D eigenvalue weighted by Crippen LogP contribution is -2.52. The van der Waals surface area contributed by atoms with Crippen molar-refractivity contribution < 1.29 is 9.18 Å². The summed E-state index contributed by atoms with van der Waals surface area (Å²) in [6, 6.07) is 5.26. The number of hydrogen-bond donors (Lipinski definition) is 2. The van der Waals surface area contributed by atoms with Crippen LogP contribution in [0.3, 0.4) is 0 Å². The first-order valence-corrected chi connectivity index (χ1v) is 10.3. The van der Waals surface area contributed by atoms with Gasteiger partial charge in [0.25, 0.3) is 0 Å². The fourth-order valence-corrected chi connectivity index (χ4v) is 3.59. The highest BCUT2D eigenvalue weighted by Crippen LogP contribution is 2.28. The average Bonchev–Trinajstić information content (AvgIpc) is 2.66. The molecule has 0 aromatic heterocycles. The zero-order valence-corrected chi connectivity index (χ0v) is 17.0. The largest absolute Gasteiger partial charge is 0.355 e. The molecular formula is C21H32FN5O. The van der Waals surface area contributed by atoms with Gasteiger partial charge in [-0.05, 0) is 37.0 Å². The molecule has 1 saturated heterocycles. The summed E-state index contributed by atoms with van der Waals surface area (Å²) < 4.78 is 13.6. The standard InChI is InChI=1S/C21H32FN5O/c1-16-6-7-17(14-19(16)22)15-25-21(23-2)24-8-9-26-10-12-27(13-11-26)20(28)18-4-3-5-18/h6-7,14,18H,3-5,8-13,15H2,1-2H3,(H2,23,24,25). The maximum atomic E-state index is 13.6. The van der Waals surface area contributed by atoms with E-state index in [1.54, 1.807) is 26.1 Å². The van der Waals surface area contributed by atoms with E-state index < -0.39 is 0 Å². The van der Waals surface area contributed by atoms with Crippen LogP contribution in [0.15, 0.2) is 23.2 Å². The number of amides is 1. The average molecular weight is 390 g/mol. The monoisotopic (exact) mass is 389 g/mol. The number of guanidine groups is 1. The molecule has 7 heteroatoms. The Morgan fingerprint density at radius 3 is 2.57 bits per heavy atom. The van der Waals surface area contributed by atoms with Crippen LogP contribution in [0.5, 0.6) is 0 Å². The molecule has 2 N–H and O–H groups in total. The Hall–Kier alpha value is -2.15. The van der Waals surface area contributed by atoms with Crippen LogP contribution in [0.4, 0.5) is 4.39 Å². The van der Waals surface area contributed by atoms with E-state index in [1.807, 2.05) is 11.0 Å². The molecule has 1 aliphatic carbocycles. The number of aliphatic imine (C=N–C) groups is 1. The minimum Gasteiger partial charge on any atom is -0.355 e. The minimum atomic E-state index is -0.183. The molecule has 0 bridgehead atoms. The molecule has 1 aromatic carbocycles. The molecule has 0 atom stereocenters. The maximum Gasteiger partial charge on any atom is 0.225 e. The second-order valence-electron chi connectivity index (χ2n) is 7.73. The highest BCUT2D eigenvalue weighted by Gasteiger charge is 2.30. The molecule has 154 valence electrons. The topological polar surface area (TPSA) is 60.0 Å². The first kappa shape index (κ1) is 20.6. The van der Waals surface area contributed by atoms with E-state index in [2.05, 4.69) is 20.5 Å². The van der Waals surface area contributed by atoms with E-state index in [4.69, 9.17) is 0 Å². The van der Waals surface area contributed by atoms with Crippen LogP contribution in [0.2, 0.25) is 0 Å². The molecule has 1 saturated carbocycles. The van der Waals surface area contributed by atoms with Gasteiger partial charge in [-0.15, -0.1) is 0 Å². The molecule has 1 aromatic rings. The molecule has 0 unspecified atom stereocenters. The molecule has 1 amide bonds. The summed E-state index contributed by atoms with van der Waals surface area (Å²) in [5.74, 6) is 1.18. The van der Waals surface area contributed by atoms with Crippen molar-refractivity contribution in [3.63, 3.8) is 0 Å². The number of carbonyl (C=O) groups excluding carboxylic acids is 1. The van der Waals surface area contributed by atoms with Gasteiger partial charge in [0.1, 0.15) is 5.82 Å². The zero-order chi connectivity index (χ0) is 19.9. The molecule has 0 spiro atoms. The molecule has 28 heavy (non-hydrogen) atoms. The summed E-state index contributed by atoms with van der Waals surface area (Å²) in [5, 5.41) is 6.52. The van der Waals surface area contributed by atoms with Gasteiger partial charge in [-0.3, -0.25) is 14.7 Å². The van der Waals surface area contributed by atoms with Crippen LogP contribution in [0, 0.1) is 18.7 Å². The van der Waals surface area contributed by atoms with Gasteiger partial charge in [-0.25, -0.2) is 4.39 Å². The van der Waals surface area contributed by atoms with Gasteiger partial charge in [-0.1, -0.05) is 18.6 Å². The number of nitrogens with one attached hydrogen (secondary N) is 2. The van der Waals surface area contributed by atoms with Gasteiger partial charge in [0.15, 0.2) is 5.96 Å². The quantitative estimate of drug-likeness (QED) is 0.575. The molecule has 6 nitrogen and oxygen atoms in total. The van der Waals surface area contributed by atoms with Crippen molar-refractivity contribution in [2.45, 2.75) is 32.7 Å². The van der Waals surface area contributed by atoms with Gasteiger partial charge >= 0.3 is 0 Å². The lowest BCUT2D eigenvalue weighted by atomic mass is 9.84. The van der Waals surface area contributed by atoms with Crippen LogP contribution in [-0.2, 0) is 11.3 Å². The zero-order valence-electron chi connectivity index (χ0n) is 17.0. The third-order valence-electron chi connectivity index (χ3n) is 5.78. The van der Waals surface area contributed by atoms with Crippen LogP contribution in [0.1, 0.15) is 30.4 Å². The smallest absolute Gasteiger partial charge is 0.225 e. The van der Waals surface area contributed by atoms with Crippen LogP contribution >= 0.6 is 0 Å². The lowest BCUT2D eigenvalue weighted by Gasteiger charge is -2.38. The van der Waals surface area contributed by atoms with Crippen molar-refractivity contribution in [1.29, 1.82) is 0 Å². The summed E-state index contributed by atoms with van der Waals surface area (Å²) >= 11 is 0. The highest BCUT2D eigenvalue weighted by molar-refractivity contribution is 5.80. The highest BCUT2D eigenvalue weighted by atomic mass is 19.1.